The van der Waals surface area contributed by atoms with Crippen molar-refractivity contribution in [2.45, 2.75) is 82.8 Å². The predicted molar refractivity (Wildman–Crippen MR) is 218 cm³/mol. The van der Waals surface area contributed by atoms with Crippen LogP contribution in [0.25, 0.3) is 39.0 Å². The Bertz CT molecular complexity index is 2420. The first-order chi connectivity index (χ1) is 26.2. The second-order valence-corrected chi connectivity index (χ2v) is 16.5. The average Bonchev–Trinajstić information content (AvgIpc) is 3.89. The molecular weight excluding hydrogens is 649 g/mol. The molecule has 3 aromatic carbocycles. The highest BCUT2D eigenvalue weighted by atomic mass is 16.3. The zero-order chi connectivity index (χ0) is 35.0. The van der Waals surface area contributed by atoms with Gasteiger partial charge >= 0.3 is 0 Å². The molecule has 5 aromatic rings. The number of aryl methyl sites for hydroxylation is 1. The number of hydrogen-bond donors (Lipinski definition) is 0. The molecule has 6 unspecified atom stereocenters. The Kier molecular flexibility index (Phi) is 7.49. The summed E-state index contributed by atoms with van der Waals surface area (Å²) in [7, 11) is 0. The van der Waals surface area contributed by atoms with Crippen LogP contribution in [0.15, 0.2) is 135 Å². The maximum atomic E-state index is 6.61. The Morgan fingerprint density at radius 1 is 0.736 bits per heavy atom. The lowest BCUT2D eigenvalue weighted by Crippen LogP contribution is -2.48. The SMILES string of the molecule is CC1C2C3=C(CC(C4CCCCC4)C=C3)N(C3C=CC=CC3)C2C=CC1N(c1cccc2oc3c(c12)C=CCC3)c1cccc2oc3ccccc3c12. The van der Waals surface area contributed by atoms with Crippen LogP contribution in [0, 0.1) is 23.7 Å². The van der Waals surface area contributed by atoms with E-state index in [1.54, 1.807) is 11.3 Å². The molecule has 0 radical (unpaired) electrons. The molecule has 5 aliphatic carbocycles. The van der Waals surface area contributed by atoms with Gasteiger partial charge in [-0.15, -0.1) is 0 Å². The maximum absolute atomic E-state index is 6.61. The minimum Gasteiger partial charge on any atom is -0.460 e. The fraction of sp³-hybridized carbons (Fsp3) is 0.347. The van der Waals surface area contributed by atoms with E-state index in [1.807, 2.05) is 0 Å². The summed E-state index contributed by atoms with van der Waals surface area (Å²) in [6, 6.07) is 22.7. The lowest BCUT2D eigenvalue weighted by Gasteiger charge is -2.45. The summed E-state index contributed by atoms with van der Waals surface area (Å²) in [6.45, 7) is 2.53. The van der Waals surface area contributed by atoms with Crippen molar-refractivity contribution in [3.8, 4) is 0 Å². The molecule has 4 nitrogen and oxygen atoms in total. The van der Waals surface area contributed by atoms with Crippen LogP contribution < -0.4 is 4.90 Å². The third-order valence-corrected chi connectivity index (χ3v) is 13.7. The number of allylic oxidation sites excluding steroid dienone is 6. The van der Waals surface area contributed by atoms with E-state index in [-0.39, 0.29) is 6.04 Å². The topological polar surface area (TPSA) is 32.8 Å². The van der Waals surface area contributed by atoms with E-state index in [9.17, 15) is 0 Å². The summed E-state index contributed by atoms with van der Waals surface area (Å²) in [5.41, 5.74) is 9.66. The molecule has 6 atom stereocenters. The first-order valence-corrected chi connectivity index (χ1v) is 20.3. The number of furan rings is 2. The summed E-state index contributed by atoms with van der Waals surface area (Å²) in [6.07, 6.45) is 35.5. The number of para-hydroxylation sites is 1. The predicted octanol–water partition coefficient (Wildman–Crippen LogP) is 12.6. The molecular formula is C49H48N2O2. The highest BCUT2D eigenvalue weighted by Crippen LogP contribution is 2.54. The van der Waals surface area contributed by atoms with Gasteiger partial charge in [-0.25, -0.2) is 0 Å². The molecule has 0 amide bonds. The first kappa shape index (κ1) is 31.6. The third kappa shape index (κ3) is 4.94. The van der Waals surface area contributed by atoms with E-state index in [0.717, 1.165) is 53.1 Å². The average molecular weight is 697 g/mol. The Balaban J connectivity index is 1.09. The highest BCUT2D eigenvalue weighted by Gasteiger charge is 2.49. The molecule has 53 heavy (non-hydrogen) atoms. The van der Waals surface area contributed by atoms with Crippen molar-refractivity contribution in [2.24, 2.45) is 23.7 Å². The van der Waals surface area contributed by atoms with Crippen LogP contribution in [0.1, 0.15) is 69.6 Å². The molecule has 1 aliphatic heterocycles. The smallest absolute Gasteiger partial charge is 0.137 e. The van der Waals surface area contributed by atoms with Gasteiger partial charge in [0.05, 0.1) is 40.3 Å². The van der Waals surface area contributed by atoms with E-state index < -0.39 is 0 Å². The summed E-state index contributed by atoms with van der Waals surface area (Å²) >= 11 is 0. The van der Waals surface area contributed by atoms with Crippen molar-refractivity contribution >= 4 is 50.4 Å². The Morgan fingerprint density at radius 2 is 1.55 bits per heavy atom. The molecule has 11 rings (SSSR count). The van der Waals surface area contributed by atoms with Gasteiger partial charge in [-0.3, -0.25) is 0 Å². The van der Waals surface area contributed by atoms with E-state index in [2.05, 4.69) is 138 Å². The number of fused-ring (bicyclic) bond motifs is 8. The lowest BCUT2D eigenvalue weighted by molar-refractivity contribution is 0.184. The van der Waals surface area contributed by atoms with Gasteiger partial charge in [0.15, 0.2) is 0 Å². The van der Waals surface area contributed by atoms with Crippen LogP contribution in [0.2, 0.25) is 0 Å². The third-order valence-electron chi connectivity index (χ3n) is 13.7. The van der Waals surface area contributed by atoms with Gasteiger partial charge < -0.3 is 18.6 Å². The number of rotatable bonds is 5. The second kappa shape index (κ2) is 12.6. The molecule has 0 saturated heterocycles. The van der Waals surface area contributed by atoms with Crippen molar-refractivity contribution in [3.05, 3.63) is 138 Å². The Labute approximate surface area is 312 Å². The minimum atomic E-state index is 0.110. The highest BCUT2D eigenvalue weighted by molar-refractivity contribution is 6.13. The van der Waals surface area contributed by atoms with Crippen molar-refractivity contribution in [1.82, 2.24) is 4.90 Å². The molecule has 3 heterocycles. The summed E-state index contributed by atoms with van der Waals surface area (Å²) in [4.78, 5) is 5.51. The van der Waals surface area contributed by atoms with E-state index in [0.29, 0.717) is 29.8 Å². The van der Waals surface area contributed by atoms with Crippen LogP contribution >= 0.6 is 0 Å². The molecule has 4 heteroatoms. The van der Waals surface area contributed by atoms with Crippen molar-refractivity contribution in [2.75, 3.05) is 4.90 Å². The van der Waals surface area contributed by atoms with Gasteiger partial charge in [-0.2, -0.15) is 0 Å². The zero-order valence-electron chi connectivity index (χ0n) is 30.7. The second-order valence-electron chi connectivity index (χ2n) is 16.5. The monoisotopic (exact) mass is 696 g/mol. The van der Waals surface area contributed by atoms with Crippen LogP contribution in [-0.2, 0) is 6.42 Å². The molecule has 0 spiro atoms. The molecule has 266 valence electrons. The van der Waals surface area contributed by atoms with E-state index in [1.165, 1.54) is 66.2 Å². The van der Waals surface area contributed by atoms with Gasteiger partial charge in [0.2, 0.25) is 0 Å². The normalized spacial score (nSPS) is 28.0. The molecule has 1 fully saturated rings. The van der Waals surface area contributed by atoms with Crippen molar-refractivity contribution in [1.29, 1.82) is 0 Å². The van der Waals surface area contributed by atoms with Crippen LogP contribution in [0.5, 0.6) is 0 Å². The van der Waals surface area contributed by atoms with Gasteiger partial charge in [0.1, 0.15) is 22.5 Å². The summed E-state index contributed by atoms with van der Waals surface area (Å²) in [5, 5.41) is 3.55. The fourth-order valence-electron chi connectivity index (χ4n) is 11.2. The molecule has 0 N–H and O–H groups in total. The van der Waals surface area contributed by atoms with Crippen LogP contribution in [-0.4, -0.2) is 23.0 Å². The molecule has 6 aliphatic rings. The maximum Gasteiger partial charge on any atom is 0.137 e. The van der Waals surface area contributed by atoms with Crippen molar-refractivity contribution in [3.63, 3.8) is 0 Å². The van der Waals surface area contributed by atoms with Crippen LogP contribution in [0.3, 0.4) is 0 Å². The van der Waals surface area contributed by atoms with E-state index >= 15 is 0 Å². The number of benzene rings is 3. The fourth-order valence-corrected chi connectivity index (χ4v) is 11.2. The standard InChI is InChI=1S/C49H48N2O2/c1-31-38(28-29-41-47(31)35-27-26-33(32-14-4-2-5-15-32)30-42(35)50(41)34-16-6-3-7-17-34)51(39-20-12-24-45-48(39)36-18-8-10-22-43(36)52-45)40-21-13-25-46-49(40)37-19-9-11-23-44(37)53-46/h3,6-10,12-13,16,18-22,24-29,31-34,38,41,47H,2,4-5,11,14-15,17,23,30H2,1H3. The number of hydrogen-bond acceptors (Lipinski definition) is 4. The Morgan fingerprint density at radius 3 is 2.40 bits per heavy atom. The quantitative estimate of drug-likeness (QED) is 0.171. The van der Waals surface area contributed by atoms with Crippen molar-refractivity contribution < 1.29 is 8.83 Å². The molecule has 1 saturated carbocycles. The molecule has 0 bridgehead atoms. The summed E-state index contributed by atoms with van der Waals surface area (Å²) in [5.74, 6) is 3.29. The summed E-state index contributed by atoms with van der Waals surface area (Å²) < 4.78 is 13.1. The van der Waals surface area contributed by atoms with Crippen LogP contribution in [0.4, 0.5) is 11.4 Å². The number of nitrogens with zero attached hydrogens (tertiary/aromatic N) is 2. The first-order valence-electron chi connectivity index (χ1n) is 20.3. The number of anilines is 2. The van der Waals surface area contributed by atoms with Gasteiger partial charge in [-0.05, 0) is 85.8 Å². The van der Waals surface area contributed by atoms with Gasteiger partial charge in [0, 0.05) is 29.0 Å². The van der Waals surface area contributed by atoms with Gasteiger partial charge in [-0.1, -0.05) is 117 Å². The largest absolute Gasteiger partial charge is 0.460 e. The lowest BCUT2D eigenvalue weighted by atomic mass is 9.71. The molecule has 2 aromatic heterocycles. The minimum absolute atomic E-state index is 0.110. The van der Waals surface area contributed by atoms with Gasteiger partial charge in [0.25, 0.3) is 0 Å². The van der Waals surface area contributed by atoms with E-state index in [4.69, 9.17) is 8.83 Å². The Hall–Kier alpha value is -4.96. The zero-order valence-corrected chi connectivity index (χ0v) is 30.7.